The van der Waals surface area contributed by atoms with Crippen molar-refractivity contribution >= 4 is 33.2 Å². The van der Waals surface area contributed by atoms with Crippen LogP contribution in [0.5, 0.6) is 0 Å². The van der Waals surface area contributed by atoms with Gasteiger partial charge in [-0.05, 0) is 34.3 Å². The Balaban J connectivity index is 2.15. The first-order valence-electron chi connectivity index (χ1n) is 5.17. The maximum Gasteiger partial charge on any atom is 0.0592 e. The second-order valence-corrected chi connectivity index (χ2v) is 5.47. The third-order valence-electron chi connectivity index (χ3n) is 2.96. The molecule has 4 heteroatoms. The van der Waals surface area contributed by atoms with Gasteiger partial charge < -0.3 is 4.90 Å². The van der Waals surface area contributed by atoms with Crippen molar-refractivity contribution in [3.63, 3.8) is 0 Å². The second-order valence-electron chi connectivity index (χ2n) is 4.06. The highest BCUT2D eigenvalue weighted by Crippen LogP contribution is 2.30. The number of nitrogens with zero attached hydrogens (tertiary/aromatic N) is 2. The van der Waals surface area contributed by atoms with E-state index in [2.05, 4.69) is 32.7 Å². The van der Waals surface area contributed by atoms with E-state index in [1.165, 1.54) is 5.69 Å². The molecule has 2 rings (SSSR count). The molecule has 0 N–H and O–H groups in total. The summed E-state index contributed by atoms with van der Waals surface area (Å²) in [6.45, 7) is 4.22. The van der Waals surface area contributed by atoms with Crippen molar-refractivity contribution in [2.24, 2.45) is 5.92 Å². The average molecular weight is 290 g/mol. The summed E-state index contributed by atoms with van der Waals surface area (Å²) in [5.41, 5.74) is 1.20. The molecule has 0 saturated carbocycles. The molecule has 1 aromatic heterocycles. The molecule has 0 radical (unpaired) electrons. The molecule has 0 amide bonds. The van der Waals surface area contributed by atoms with Crippen LogP contribution in [0.15, 0.2) is 22.9 Å². The average Bonchev–Trinajstić information content (AvgIpc) is 2.23. The van der Waals surface area contributed by atoms with E-state index in [1.54, 1.807) is 0 Å². The fourth-order valence-corrected chi connectivity index (χ4v) is 2.66. The van der Waals surface area contributed by atoms with Crippen molar-refractivity contribution in [2.75, 3.05) is 18.0 Å². The summed E-state index contributed by atoms with van der Waals surface area (Å²) >= 11 is 9.81. The zero-order chi connectivity index (χ0) is 10.8. The zero-order valence-electron chi connectivity index (χ0n) is 8.66. The molecule has 2 nitrogen and oxygen atoms in total. The van der Waals surface area contributed by atoms with Gasteiger partial charge in [0.1, 0.15) is 0 Å². The number of pyridine rings is 1. The fourth-order valence-electron chi connectivity index (χ4n) is 1.87. The van der Waals surface area contributed by atoms with Crippen LogP contribution in [0.4, 0.5) is 5.69 Å². The number of alkyl halides is 1. The molecule has 15 heavy (non-hydrogen) atoms. The molecule has 0 aromatic carbocycles. The lowest BCUT2D eigenvalue weighted by atomic mass is 9.98. The third kappa shape index (κ3) is 2.45. The van der Waals surface area contributed by atoms with Crippen LogP contribution < -0.4 is 4.90 Å². The molecule has 0 bridgehead atoms. The highest BCUT2D eigenvalue weighted by atomic mass is 79.9. The summed E-state index contributed by atoms with van der Waals surface area (Å²) in [7, 11) is 0. The third-order valence-corrected chi connectivity index (χ3v) is 4.14. The van der Waals surface area contributed by atoms with Crippen molar-refractivity contribution in [1.29, 1.82) is 0 Å². The molecule has 2 unspecified atom stereocenters. The minimum atomic E-state index is 0.249. The topological polar surface area (TPSA) is 16.1 Å². The smallest absolute Gasteiger partial charge is 0.0592 e. The van der Waals surface area contributed by atoms with Crippen LogP contribution in [0, 0.1) is 5.92 Å². The monoisotopic (exact) mass is 288 g/mol. The number of piperidine rings is 1. The van der Waals surface area contributed by atoms with Crippen LogP contribution >= 0.6 is 27.5 Å². The predicted octanol–water partition coefficient (Wildman–Crippen LogP) is 3.30. The van der Waals surface area contributed by atoms with E-state index < -0.39 is 0 Å². The molecular formula is C11H14BrClN2. The first-order chi connectivity index (χ1) is 7.18. The lowest BCUT2D eigenvalue weighted by Crippen LogP contribution is -2.40. The summed E-state index contributed by atoms with van der Waals surface area (Å²) in [6, 6.07) is 2.03. The van der Waals surface area contributed by atoms with E-state index in [4.69, 9.17) is 11.6 Å². The van der Waals surface area contributed by atoms with Crippen molar-refractivity contribution in [3.8, 4) is 0 Å². The predicted molar refractivity (Wildman–Crippen MR) is 67.6 cm³/mol. The number of rotatable bonds is 1. The first kappa shape index (κ1) is 11.2. The molecule has 1 aromatic rings. The molecule has 1 saturated heterocycles. The van der Waals surface area contributed by atoms with Crippen molar-refractivity contribution in [1.82, 2.24) is 4.98 Å². The molecule has 1 fully saturated rings. The maximum absolute atomic E-state index is 6.29. The molecule has 0 aliphatic carbocycles. The minimum absolute atomic E-state index is 0.249. The van der Waals surface area contributed by atoms with Crippen molar-refractivity contribution in [2.45, 2.75) is 18.7 Å². The van der Waals surface area contributed by atoms with E-state index in [0.29, 0.717) is 5.92 Å². The summed E-state index contributed by atoms with van der Waals surface area (Å²) in [5, 5.41) is 0.249. The SMILES string of the molecule is CC1CCN(c2ccncc2Br)CC1Cl. The highest BCUT2D eigenvalue weighted by molar-refractivity contribution is 9.10. The summed E-state index contributed by atoms with van der Waals surface area (Å²) < 4.78 is 1.04. The van der Waals surface area contributed by atoms with Gasteiger partial charge in [0.2, 0.25) is 0 Å². The Hall–Kier alpha value is -0.280. The van der Waals surface area contributed by atoms with E-state index in [0.717, 1.165) is 24.0 Å². The first-order valence-corrected chi connectivity index (χ1v) is 6.40. The molecule has 2 heterocycles. The Bertz CT molecular complexity index is 345. The van der Waals surface area contributed by atoms with Crippen molar-refractivity contribution in [3.05, 3.63) is 22.9 Å². The number of anilines is 1. The van der Waals surface area contributed by atoms with Crippen LogP contribution in [0.1, 0.15) is 13.3 Å². The highest BCUT2D eigenvalue weighted by Gasteiger charge is 2.25. The maximum atomic E-state index is 6.29. The van der Waals surface area contributed by atoms with Crippen LogP contribution in [0.25, 0.3) is 0 Å². The van der Waals surface area contributed by atoms with E-state index >= 15 is 0 Å². The van der Waals surface area contributed by atoms with Crippen molar-refractivity contribution < 1.29 is 0 Å². The Morgan fingerprint density at radius 2 is 2.40 bits per heavy atom. The van der Waals surface area contributed by atoms with Gasteiger partial charge in [0.15, 0.2) is 0 Å². The summed E-state index contributed by atoms with van der Waals surface area (Å²) in [6.07, 6.45) is 4.81. The Labute approximate surface area is 104 Å². The summed E-state index contributed by atoms with van der Waals surface area (Å²) in [5.74, 6) is 0.614. The van der Waals surface area contributed by atoms with Crippen LogP contribution in [-0.2, 0) is 0 Å². The largest absolute Gasteiger partial charge is 0.369 e. The van der Waals surface area contributed by atoms with Gasteiger partial charge >= 0.3 is 0 Å². The zero-order valence-corrected chi connectivity index (χ0v) is 11.0. The van der Waals surface area contributed by atoms with Crippen LogP contribution in [-0.4, -0.2) is 23.5 Å². The van der Waals surface area contributed by atoms with Gasteiger partial charge in [-0.2, -0.15) is 0 Å². The Morgan fingerprint density at radius 1 is 1.60 bits per heavy atom. The van der Waals surface area contributed by atoms with E-state index in [9.17, 15) is 0 Å². The van der Waals surface area contributed by atoms with E-state index in [1.807, 2.05) is 18.5 Å². The van der Waals surface area contributed by atoms with Gasteiger partial charge in [0.05, 0.1) is 15.5 Å². The van der Waals surface area contributed by atoms with Gasteiger partial charge in [-0.15, -0.1) is 11.6 Å². The molecule has 1 aliphatic heterocycles. The van der Waals surface area contributed by atoms with Crippen LogP contribution in [0.2, 0.25) is 0 Å². The molecule has 1 aliphatic rings. The normalized spacial score (nSPS) is 26.7. The Kier molecular flexibility index (Phi) is 3.52. The van der Waals surface area contributed by atoms with Crippen LogP contribution in [0.3, 0.4) is 0 Å². The number of hydrogen-bond acceptors (Lipinski definition) is 2. The fraction of sp³-hybridized carbons (Fsp3) is 0.545. The lowest BCUT2D eigenvalue weighted by molar-refractivity contribution is 0.445. The molecule has 0 spiro atoms. The van der Waals surface area contributed by atoms with Gasteiger partial charge in [-0.1, -0.05) is 6.92 Å². The lowest BCUT2D eigenvalue weighted by Gasteiger charge is -2.35. The van der Waals surface area contributed by atoms with Gasteiger partial charge in [-0.3, -0.25) is 4.98 Å². The van der Waals surface area contributed by atoms with Gasteiger partial charge in [-0.25, -0.2) is 0 Å². The number of aromatic nitrogens is 1. The molecular weight excluding hydrogens is 275 g/mol. The summed E-state index contributed by atoms with van der Waals surface area (Å²) in [4.78, 5) is 6.39. The van der Waals surface area contributed by atoms with Gasteiger partial charge in [0.25, 0.3) is 0 Å². The minimum Gasteiger partial charge on any atom is -0.369 e. The van der Waals surface area contributed by atoms with Gasteiger partial charge in [0, 0.05) is 25.5 Å². The molecule has 2 atom stereocenters. The van der Waals surface area contributed by atoms with E-state index in [-0.39, 0.29) is 5.38 Å². The Morgan fingerprint density at radius 3 is 3.07 bits per heavy atom. The standard InChI is InChI=1S/C11H14BrClN2/c1-8-3-5-15(7-10(8)13)11-2-4-14-6-9(11)12/h2,4,6,8,10H,3,5,7H2,1H3. The number of halogens is 2. The number of hydrogen-bond donors (Lipinski definition) is 0. The quantitative estimate of drug-likeness (QED) is 0.738. The second kappa shape index (κ2) is 4.71. The molecule has 82 valence electrons.